The molecule has 0 unspecified atom stereocenters. The van der Waals surface area contributed by atoms with E-state index in [-0.39, 0.29) is 0 Å². The topological polar surface area (TPSA) is 37.9 Å². The van der Waals surface area contributed by atoms with Crippen LogP contribution in [0.15, 0.2) is 0 Å². The number of hydrogen-bond acceptors (Lipinski definition) is 1. The minimum absolute atomic E-state index is 0.642. The highest BCUT2D eigenvalue weighted by molar-refractivity contribution is 4.68. The van der Waals surface area contributed by atoms with Crippen LogP contribution in [0.1, 0.15) is 19.8 Å². The Kier molecular flexibility index (Phi) is 6.01. The summed E-state index contributed by atoms with van der Waals surface area (Å²) in [5.41, 5.74) is 0. The molecule has 0 spiro atoms. The molecule has 0 aliphatic heterocycles. The van der Waals surface area contributed by atoms with E-state index in [1.54, 1.807) is 0 Å². The van der Waals surface area contributed by atoms with E-state index in [9.17, 15) is 0 Å². The fourth-order valence-electron chi connectivity index (χ4n) is 0.428. The molecule has 0 atom stereocenters. The van der Waals surface area contributed by atoms with Crippen LogP contribution in [0.4, 0.5) is 0 Å². The minimum atomic E-state index is 0.642. The molecule has 1 radical (unpaired) electrons. The van der Waals surface area contributed by atoms with Crippen molar-refractivity contribution < 1.29 is 0 Å². The van der Waals surface area contributed by atoms with Crippen LogP contribution in [0.3, 0.4) is 0 Å². The Morgan fingerprint density at radius 1 is 1.62 bits per heavy atom. The van der Waals surface area contributed by atoms with E-state index in [1.807, 2.05) is 6.92 Å². The first-order chi connectivity index (χ1) is 3.91. The lowest BCUT2D eigenvalue weighted by Crippen LogP contribution is -2.04. The van der Waals surface area contributed by atoms with Crippen LogP contribution >= 0.6 is 0 Å². The van der Waals surface area contributed by atoms with Crippen LogP contribution in [-0.4, -0.2) is 13.1 Å². The molecule has 0 aromatic carbocycles. The predicted octanol–water partition coefficient (Wildman–Crippen LogP) is 0.914. The van der Waals surface area contributed by atoms with Gasteiger partial charge in [0.2, 0.25) is 0 Å². The van der Waals surface area contributed by atoms with Gasteiger partial charge in [-0.05, 0) is 6.42 Å². The lowest BCUT2D eigenvalue weighted by Gasteiger charge is -1.91. The number of nitriles is 1. The summed E-state index contributed by atoms with van der Waals surface area (Å²) >= 11 is 0. The standard InChI is InChI=1S/C6H11N2/c1-2-8-6-4-3-5-7/h2-4,6H2,1H3. The van der Waals surface area contributed by atoms with Gasteiger partial charge < -0.3 is 0 Å². The molecule has 0 aromatic heterocycles. The Labute approximate surface area is 50.5 Å². The van der Waals surface area contributed by atoms with E-state index in [2.05, 4.69) is 11.4 Å². The maximum absolute atomic E-state index is 8.07. The molecule has 0 amide bonds. The van der Waals surface area contributed by atoms with Crippen molar-refractivity contribution in [3.05, 3.63) is 0 Å². The van der Waals surface area contributed by atoms with Gasteiger partial charge in [0, 0.05) is 19.5 Å². The van der Waals surface area contributed by atoms with Crippen molar-refractivity contribution in [2.75, 3.05) is 13.1 Å². The lowest BCUT2D eigenvalue weighted by molar-refractivity contribution is 0.669. The number of rotatable bonds is 4. The fourth-order valence-corrected chi connectivity index (χ4v) is 0.428. The molecule has 2 heteroatoms. The van der Waals surface area contributed by atoms with Gasteiger partial charge in [-0.2, -0.15) is 5.26 Å². The Morgan fingerprint density at radius 3 is 2.88 bits per heavy atom. The van der Waals surface area contributed by atoms with Crippen molar-refractivity contribution in [1.82, 2.24) is 5.32 Å². The average molecular weight is 111 g/mol. The third kappa shape index (κ3) is 5.45. The molecular weight excluding hydrogens is 100 g/mol. The minimum Gasteiger partial charge on any atom is -0.242 e. The van der Waals surface area contributed by atoms with E-state index in [0.717, 1.165) is 19.5 Å². The molecule has 0 aliphatic carbocycles. The second-order valence-electron chi connectivity index (χ2n) is 1.53. The molecule has 0 saturated heterocycles. The first-order valence-corrected chi connectivity index (χ1v) is 2.92. The molecule has 8 heavy (non-hydrogen) atoms. The van der Waals surface area contributed by atoms with E-state index in [0.29, 0.717) is 6.42 Å². The van der Waals surface area contributed by atoms with E-state index >= 15 is 0 Å². The highest BCUT2D eigenvalue weighted by atomic mass is 14.8. The van der Waals surface area contributed by atoms with Gasteiger partial charge in [0.25, 0.3) is 0 Å². The SMILES string of the molecule is CC[N]CCCC#N. The summed E-state index contributed by atoms with van der Waals surface area (Å²) in [6.45, 7) is 3.74. The molecule has 0 saturated carbocycles. The molecule has 0 bridgehead atoms. The molecule has 0 rings (SSSR count). The van der Waals surface area contributed by atoms with Gasteiger partial charge in [0.05, 0.1) is 6.07 Å². The average Bonchev–Trinajstić information content (AvgIpc) is 1.81. The van der Waals surface area contributed by atoms with Crippen molar-refractivity contribution in [2.45, 2.75) is 19.8 Å². The van der Waals surface area contributed by atoms with Crippen molar-refractivity contribution in [2.24, 2.45) is 0 Å². The van der Waals surface area contributed by atoms with Gasteiger partial charge in [0.15, 0.2) is 0 Å². The summed E-state index contributed by atoms with van der Waals surface area (Å²) in [5.74, 6) is 0. The quantitative estimate of drug-likeness (QED) is 0.497. The second-order valence-corrected chi connectivity index (χ2v) is 1.53. The van der Waals surface area contributed by atoms with Crippen molar-refractivity contribution in [3.8, 4) is 6.07 Å². The Bertz CT molecular complexity index is 73.1. The molecule has 0 fully saturated rings. The largest absolute Gasteiger partial charge is 0.242 e. The van der Waals surface area contributed by atoms with Gasteiger partial charge in [-0.25, -0.2) is 5.32 Å². The molecule has 0 aromatic rings. The molecule has 2 nitrogen and oxygen atoms in total. The molecule has 0 heterocycles. The smallest absolute Gasteiger partial charge is 0.0622 e. The lowest BCUT2D eigenvalue weighted by atomic mass is 10.3. The zero-order valence-electron chi connectivity index (χ0n) is 5.22. The molecular formula is C6H11N2. The Hall–Kier alpha value is -0.550. The van der Waals surface area contributed by atoms with Crippen molar-refractivity contribution in [1.29, 1.82) is 5.26 Å². The third-order valence-electron chi connectivity index (χ3n) is 0.828. The fraction of sp³-hybridized carbons (Fsp3) is 0.833. The second kappa shape index (κ2) is 6.45. The van der Waals surface area contributed by atoms with E-state index in [1.165, 1.54) is 0 Å². The highest BCUT2D eigenvalue weighted by Gasteiger charge is 1.82. The van der Waals surface area contributed by atoms with Gasteiger partial charge in [-0.3, -0.25) is 0 Å². The van der Waals surface area contributed by atoms with Gasteiger partial charge >= 0.3 is 0 Å². The summed E-state index contributed by atoms with van der Waals surface area (Å²) in [6.07, 6.45) is 1.56. The summed E-state index contributed by atoms with van der Waals surface area (Å²) in [5, 5.41) is 12.1. The van der Waals surface area contributed by atoms with Crippen LogP contribution in [0.25, 0.3) is 0 Å². The monoisotopic (exact) mass is 111 g/mol. The van der Waals surface area contributed by atoms with E-state index in [4.69, 9.17) is 5.26 Å². The van der Waals surface area contributed by atoms with Crippen LogP contribution < -0.4 is 5.32 Å². The maximum Gasteiger partial charge on any atom is 0.0622 e. The van der Waals surface area contributed by atoms with Crippen molar-refractivity contribution >= 4 is 0 Å². The van der Waals surface area contributed by atoms with Crippen LogP contribution in [-0.2, 0) is 0 Å². The van der Waals surface area contributed by atoms with Crippen LogP contribution in [0.5, 0.6) is 0 Å². The Morgan fingerprint density at radius 2 is 2.38 bits per heavy atom. The molecule has 45 valence electrons. The predicted molar refractivity (Wildman–Crippen MR) is 32.4 cm³/mol. The number of nitrogens with zero attached hydrogens (tertiary/aromatic N) is 2. The summed E-state index contributed by atoms with van der Waals surface area (Å²) in [4.78, 5) is 0. The van der Waals surface area contributed by atoms with Crippen molar-refractivity contribution in [3.63, 3.8) is 0 Å². The maximum atomic E-state index is 8.07. The number of unbranched alkanes of at least 4 members (excludes halogenated alkanes) is 1. The summed E-state index contributed by atoms with van der Waals surface area (Å²) in [7, 11) is 0. The van der Waals surface area contributed by atoms with Gasteiger partial charge in [-0.15, -0.1) is 0 Å². The highest BCUT2D eigenvalue weighted by Crippen LogP contribution is 1.82. The normalized spacial score (nSPS) is 8.50. The summed E-state index contributed by atoms with van der Waals surface area (Å²) < 4.78 is 0. The zero-order valence-corrected chi connectivity index (χ0v) is 5.22. The Balaban J connectivity index is 2.65. The zero-order chi connectivity index (χ0) is 6.24. The van der Waals surface area contributed by atoms with Gasteiger partial charge in [0.1, 0.15) is 0 Å². The first-order valence-electron chi connectivity index (χ1n) is 2.92. The van der Waals surface area contributed by atoms with Crippen LogP contribution in [0, 0.1) is 11.3 Å². The molecule has 0 N–H and O–H groups in total. The number of hydrogen-bond donors (Lipinski definition) is 0. The van der Waals surface area contributed by atoms with Gasteiger partial charge in [-0.1, -0.05) is 6.92 Å². The van der Waals surface area contributed by atoms with E-state index < -0.39 is 0 Å². The summed E-state index contributed by atoms with van der Waals surface area (Å²) in [6, 6.07) is 2.07. The third-order valence-corrected chi connectivity index (χ3v) is 0.828. The molecule has 0 aliphatic rings. The first kappa shape index (κ1) is 7.45. The van der Waals surface area contributed by atoms with Crippen LogP contribution in [0.2, 0.25) is 0 Å².